The Bertz CT molecular complexity index is 1130. The van der Waals surface area contributed by atoms with Gasteiger partial charge < -0.3 is 24.6 Å². The number of carboxylic acids is 1. The summed E-state index contributed by atoms with van der Waals surface area (Å²) >= 11 is 0. The standard InChI is InChI=1S/C23H22N2O6/c1-14(23(28)29)19-18-13-16(31-15-5-3-2-4-6-15)7-8-17(18)21(26)20(24-19)22(27)25-9-11-30-12-10-25/h2-8,13-14,26H,9-12H2,1H3,(H,28,29). The Labute approximate surface area is 178 Å². The van der Waals surface area contributed by atoms with Crippen LogP contribution in [0.4, 0.5) is 0 Å². The van der Waals surface area contributed by atoms with Crippen LogP contribution in [0.5, 0.6) is 17.2 Å². The third-order valence-electron chi connectivity index (χ3n) is 5.24. The first kappa shape index (κ1) is 20.6. The number of ether oxygens (including phenoxy) is 2. The van der Waals surface area contributed by atoms with Gasteiger partial charge in [0, 0.05) is 23.9 Å². The third-order valence-corrected chi connectivity index (χ3v) is 5.24. The highest BCUT2D eigenvalue weighted by molar-refractivity contribution is 6.03. The van der Waals surface area contributed by atoms with Crippen molar-refractivity contribution in [2.45, 2.75) is 12.8 Å². The molecule has 1 fully saturated rings. The summed E-state index contributed by atoms with van der Waals surface area (Å²) in [4.78, 5) is 30.6. The number of morpholine rings is 1. The number of para-hydroxylation sites is 1. The molecule has 0 aliphatic carbocycles. The van der Waals surface area contributed by atoms with Gasteiger partial charge in [0.2, 0.25) is 0 Å². The molecular weight excluding hydrogens is 400 g/mol. The number of carbonyl (C=O) groups excluding carboxylic acids is 1. The van der Waals surface area contributed by atoms with Crippen molar-refractivity contribution in [2.75, 3.05) is 26.3 Å². The van der Waals surface area contributed by atoms with Crippen LogP contribution in [0.15, 0.2) is 48.5 Å². The smallest absolute Gasteiger partial charge is 0.312 e. The number of amides is 1. The average Bonchev–Trinajstić information content (AvgIpc) is 2.79. The number of aliphatic carboxylic acids is 1. The lowest BCUT2D eigenvalue weighted by Crippen LogP contribution is -2.41. The average molecular weight is 422 g/mol. The van der Waals surface area contributed by atoms with E-state index >= 15 is 0 Å². The van der Waals surface area contributed by atoms with Crippen molar-refractivity contribution in [3.8, 4) is 17.2 Å². The molecule has 0 bridgehead atoms. The van der Waals surface area contributed by atoms with E-state index in [0.717, 1.165) is 0 Å². The molecule has 1 atom stereocenters. The predicted octanol–water partition coefficient (Wildman–Crippen LogP) is 3.39. The van der Waals surface area contributed by atoms with Crippen LogP contribution in [0, 0.1) is 0 Å². The molecular formula is C23H22N2O6. The molecule has 1 amide bonds. The van der Waals surface area contributed by atoms with Crippen LogP contribution in [-0.2, 0) is 9.53 Å². The normalized spacial score (nSPS) is 14.9. The molecule has 160 valence electrons. The second-order valence-electron chi connectivity index (χ2n) is 7.28. The number of aromatic hydroxyl groups is 1. The first-order valence-corrected chi connectivity index (χ1v) is 9.95. The van der Waals surface area contributed by atoms with Crippen molar-refractivity contribution in [1.29, 1.82) is 0 Å². The van der Waals surface area contributed by atoms with E-state index in [4.69, 9.17) is 9.47 Å². The molecule has 1 aromatic heterocycles. The SMILES string of the molecule is CC(C(=O)O)c1nc(C(=O)N2CCOCC2)c(O)c2ccc(Oc3ccccc3)cc12. The van der Waals surface area contributed by atoms with Gasteiger partial charge in [0.25, 0.3) is 5.91 Å². The van der Waals surface area contributed by atoms with Gasteiger partial charge in [-0.2, -0.15) is 0 Å². The summed E-state index contributed by atoms with van der Waals surface area (Å²) in [5.74, 6) is -1.73. The molecule has 2 heterocycles. The molecule has 8 nitrogen and oxygen atoms in total. The fourth-order valence-electron chi connectivity index (χ4n) is 3.50. The molecule has 3 aromatic rings. The molecule has 1 unspecified atom stereocenters. The van der Waals surface area contributed by atoms with Gasteiger partial charge in [-0.15, -0.1) is 0 Å². The van der Waals surface area contributed by atoms with Crippen molar-refractivity contribution in [3.05, 3.63) is 59.9 Å². The van der Waals surface area contributed by atoms with Gasteiger partial charge in [-0.05, 0) is 37.3 Å². The molecule has 4 rings (SSSR count). The van der Waals surface area contributed by atoms with Crippen molar-refractivity contribution in [2.24, 2.45) is 0 Å². The first-order valence-electron chi connectivity index (χ1n) is 9.95. The van der Waals surface area contributed by atoms with Crippen LogP contribution < -0.4 is 4.74 Å². The number of fused-ring (bicyclic) bond motifs is 1. The molecule has 8 heteroatoms. The fourth-order valence-corrected chi connectivity index (χ4v) is 3.50. The van der Waals surface area contributed by atoms with Gasteiger partial charge >= 0.3 is 5.97 Å². The Hall–Kier alpha value is -3.65. The maximum atomic E-state index is 13.0. The lowest BCUT2D eigenvalue weighted by Gasteiger charge is -2.27. The minimum Gasteiger partial charge on any atom is -0.505 e. The Morgan fingerprint density at radius 1 is 1.06 bits per heavy atom. The highest BCUT2D eigenvalue weighted by Gasteiger charge is 2.28. The minimum absolute atomic E-state index is 0.158. The monoisotopic (exact) mass is 422 g/mol. The van der Waals surface area contributed by atoms with E-state index < -0.39 is 17.8 Å². The van der Waals surface area contributed by atoms with Gasteiger partial charge in [0.15, 0.2) is 11.4 Å². The summed E-state index contributed by atoms with van der Waals surface area (Å²) in [5.41, 5.74) is 0.0321. The highest BCUT2D eigenvalue weighted by atomic mass is 16.5. The highest BCUT2D eigenvalue weighted by Crippen LogP contribution is 2.36. The number of carbonyl (C=O) groups is 2. The zero-order valence-corrected chi connectivity index (χ0v) is 16.9. The zero-order chi connectivity index (χ0) is 22.0. The van der Waals surface area contributed by atoms with Crippen LogP contribution in [-0.4, -0.2) is 58.3 Å². The van der Waals surface area contributed by atoms with Crippen molar-refractivity contribution in [3.63, 3.8) is 0 Å². The number of carboxylic acid groups (broad SMARTS) is 1. The van der Waals surface area contributed by atoms with Crippen molar-refractivity contribution < 1.29 is 29.3 Å². The van der Waals surface area contributed by atoms with E-state index in [-0.39, 0.29) is 17.1 Å². The van der Waals surface area contributed by atoms with Gasteiger partial charge in [-0.3, -0.25) is 9.59 Å². The lowest BCUT2D eigenvalue weighted by molar-refractivity contribution is -0.138. The first-order chi connectivity index (χ1) is 15.0. The van der Waals surface area contributed by atoms with Gasteiger partial charge in [-0.25, -0.2) is 4.98 Å². The summed E-state index contributed by atoms with van der Waals surface area (Å²) in [6.07, 6.45) is 0. The molecule has 0 saturated carbocycles. The van der Waals surface area contributed by atoms with Crippen molar-refractivity contribution in [1.82, 2.24) is 9.88 Å². The molecule has 2 aromatic carbocycles. The quantitative estimate of drug-likeness (QED) is 0.649. The van der Waals surface area contributed by atoms with E-state index in [2.05, 4.69) is 4.98 Å². The number of hydrogen-bond donors (Lipinski definition) is 2. The zero-order valence-electron chi connectivity index (χ0n) is 16.9. The van der Waals surface area contributed by atoms with Crippen molar-refractivity contribution >= 4 is 22.6 Å². The van der Waals surface area contributed by atoms with E-state index in [1.807, 2.05) is 18.2 Å². The molecule has 31 heavy (non-hydrogen) atoms. The third kappa shape index (κ3) is 4.15. The summed E-state index contributed by atoms with van der Waals surface area (Å²) in [6.45, 7) is 3.06. The lowest BCUT2D eigenvalue weighted by atomic mass is 9.98. The Kier molecular flexibility index (Phi) is 5.73. The second-order valence-corrected chi connectivity index (χ2v) is 7.28. The van der Waals surface area contributed by atoms with Crippen LogP contribution >= 0.6 is 0 Å². The molecule has 1 saturated heterocycles. The number of aromatic nitrogens is 1. The van der Waals surface area contributed by atoms with Gasteiger partial charge in [-0.1, -0.05) is 18.2 Å². The molecule has 0 radical (unpaired) electrons. The summed E-state index contributed by atoms with van der Waals surface area (Å²) in [6, 6.07) is 14.0. The van der Waals surface area contributed by atoms with E-state index in [1.165, 1.54) is 6.92 Å². The van der Waals surface area contributed by atoms with Crippen LogP contribution in [0.2, 0.25) is 0 Å². The van der Waals surface area contributed by atoms with Gasteiger partial charge in [0.1, 0.15) is 11.5 Å². The van der Waals surface area contributed by atoms with Crippen LogP contribution in [0.1, 0.15) is 29.0 Å². The number of hydrogen-bond acceptors (Lipinski definition) is 6. The topological polar surface area (TPSA) is 109 Å². The maximum Gasteiger partial charge on any atom is 0.312 e. The predicted molar refractivity (Wildman–Crippen MR) is 113 cm³/mol. The molecule has 1 aliphatic rings. The Balaban J connectivity index is 1.82. The molecule has 1 aliphatic heterocycles. The summed E-state index contributed by atoms with van der Waals surface area (Å²) < 4.78 is 11.1. The Morgan fingerprint density at radius 2 is 1.77 bits per heavy atom. The number of benzene rings is 2. The second kappa shape index (κ2) is 8.61. The van der Waals surface area contributed by atoms with Crippen LogP contribution in [0.3, 0.4) is 0 Å². The largest absolute Gasteiger partial charge is 0.505 e. The van der Waals surface area contributed by atoms with E-state index in [9.17, 15) is 19.8 Å². The fraction of sp³-hybridized carbons (Fsp3) is 0.261. The molecule has 0 spiro atoms. The van der Waals surface area contributed by atoms with E-state index in [1.54, 1.807) is 35.2 Å². The number of rotatable bonds is 5. The van der Waals surface area contributed by atoms with Gasteiger partial charge in [0.05, 0.1) is 24.8 Å². The number of pyridine rings is 1. The van der Waals surface area contributed by atoms with E-state index in [0.29, 0.717) is 48.6 Å². The van der Waals surface area contributed by atoms with Crippen LogP contribution in [0.25, 0.3) is 10.8 Å². The summed E-state index contributed by atoms with van der Waals surface area (Å²) in [5, 5.41) is 21.2. The minimum atomic E-state index is -1.08. The summed E-state index contributed by atoms with van der Waals surface area (Å²) in [7, 11) is 0. The maximum absolute atomic E-state index is 13.0. The Morgan fingerprint density at radius 3 is 2.45 bits per heavy atom. The number of nitrogens with zero attached hydrogens (tertiary/aromatic N) is 2. The molecule has 2 N–H and O–H groups in total.